The van der Waals surface area contributed by atoms with E-state index in [2.05, 4.69) is 0 Å². The summed E-state index contributed by atoms with van der Waals surface area (Å²) in [6.45, 7) is 2.57. The van der Waals surface area contributed by atoms with Crippen molar-refractivity contribution in [2.24, 2.45) is 5.73 Å². The van der Waals surface area contributed by atoms with E-state index in [1.807, 2.05) is 5.38 Å². The molecule has 3 nitrogen and oxygen atoms in total. The lowest BCUT2D eigenvalue weighted by molar-refractivity contribution is 0.0526. The van der Waals surface area contributed by atoms with E-state index in [0.29, 0.717) is 18.7 Å². The Labute approximate surface area is 75.1 Å². The molecule has 0 unspecified atom stereocenters. The number of hydrogen-bond acceptors (Lipinski definition) is 4. The van der Waals surface area contributed by atoms with Gasteiger partial charge in [0.05, 0.1) is 12.2 Å². The Kier molecular flexibility index (Phi) is 3.25. The van der Waals surface area contributed by atoms with Crippen LogP contribution in [0.2, 0.25) is 0 Å². The van der Waals surface area contributed by atoms with Crippen LogP contribution in [0.4, 0.5) is 0 Å². The van der Waals surface area contributed by atoms with Crippen molar-refractivity contribution in [2.45, 2.75) is 13.5 Å². The van der Waals surface area contributed by atoms with E-state index in [-0.39, 0.29) is 5.97 Å². The lowest BCUT2D eigenvalue weighted by atomic mass is 10.2. The van der Waals surface area contributed by atoms with Gasteiger partial charge in [0.1, 0.15) is 0 Å². The van der Waals surface area contributed by atoms with Crippen LogP contribution in [0, 0.1) is 0 Å². The topological polar surface area (TPSA) is 52.3 Å². The van der Waals surface area contributed by atoms with Gasteiger partial charge in [0.25, 0.3) is 0 Å². The van der Waals surface area contributed by atoms with Gasteiger partial charge in [-0.3, -0.25) is 0 Å². The Morgan fingerprint density at radius 1 is 1.67 bits per heavy atom. The fourth-order valence-electron chi connectivity index (χ4n) is 0.869. The molecule has 0 bridgehead atoms. The predicted octanol–water partition coefficient (Wildman–Crippen LogP) is 1.38. The number of nitrogens with two attached hydrogens (primary N) is 1. The van der Waals surface area contributed by atoms with Crippen LogP contribution in [0.3, 0.4) is 0 Å². The summed E-state index contributed by atoms with van der Waals surface area (Å²) in [5.41, 5.74) is 6.89. The Morgan fingerprint density at radius 2 is 2.42 bits per heavy atom. The summed E-state index contributed by atoms with van der Waals surface area (Å²) in [5, 5.41) is 3.63. The van der Waals surface area contributed by atoms with Crippen molar-refractivity contribution >= 4 is 17.3 Å². The number of hydrogen-bond donors (Lipinski definition) is 1. The van der Waals surface area contributed by atoms with Crippen molar-refractivity contribution in [2.75, 3.05) is 6.61 Å². The third-order valence-corrected chi connectivity index (χ3v) is 2.25. The third kappa shape index (κ3) is 1.84. The molecule has 1 aromatic heterocycles. The zero-order chi connectivity index (χ0) is 8.97. The summed E-state index contributed by atoms with van der Waals surface area (Å²) in [6.07, 6.45) is 0. The molecule has 1 heterocycles. The van der Waals surface area contributed by atoms with Gasteiger partial charge in [-0.2, -0.15) is 11.3 Å². The molecule has 66 valence electrons. The van der Waals surface area contributed by atoms with Gasteiger partial charge in [-0.15, -0.1) is 0 Å². The summed E-state index contributed by atoms with van der Waals surface area (Å²) in [6, 6.07) is 0. The van der Waals surface area contributed by atoms with E-state index in [1.165, 1.54) is 11.3 Å². The Balaban J connectivity index is 2.79. The highest BCUT2D eigenvalue weighted by molar-refractivity contribution is 7.08. The first-order valence-electron chi connectivity index (χ1n) is 3.71. The molecular formula is C8H11NO2S. The highest BCUT2D eigenvalue weighted by atomic mass is 32.1. The van der Waals surface area contributed by atoms with Crippen LogP contribution >= 0.6 is 11.3 Å². The molecule has 12 heavy (non-hydrogen) atoms. The van der Waals surface area contributed by atoms with Crippen molar-refractivity contribution < 1.29 is 9.53 Å². The van der Waals surface area contributed by atoms with Gasteiger partial charge in [0.15, 0.2) is 0 Å². The molecule has 1 rings (SSSR count). The van der Waals surface area contributed by atoms with E-state index in [9.17, 15) is 4.79 Å². The minimum absolute atomic E-state index is 0.279. The van der Waals surface area contributed by atoms with E-state index >= 15 is 0 Å². The Bertz CT molecular complexity index is 270. The van der Waals surface area contributed by atoms with Crippen molar-refractivity contribution in [1.29, 1.82) is 0 Å². The lowest BCUT2D eigenvalue weighted by Crippen LogP contribution is -2.08. The smallest absolute Gasteiger partial charge is 0.339 e. The molecule has 0 aromatic carbocycles. The Morgan fingerprint density at radius 3 is 3.00 bits per heavy atom. The first-order chi connectivity index (χ1) is 5.79. The predicted molar refractivity (Wildman–Crippen MR) is 48.2 cm³/mol. The molecule has 0 spiro atoms. The van der Waals surface area contributed by atoms with Gasteiger partial charge < -0.3 is 10.5 Å². The first-order valence-corrected chi connectivity index (χ1v) is 4.66. The van der Waals surface area contributed by atoms with E-state index in [0.717, 1.165) is 5.56 Å². The standard InChI is InChI=1S/C8H11NO2S/c1-2-11-8(10)7-5-12-4-6(7)3-9/h4-5H,2-3,9H2,1H3. The minimum Gasteiger partial charge on any atom is -0.462 e. The number of esters is 1. The summed E-state index contributed by atoms with van der Waals surface area (Å²) < 4.78 is 4.84. The summed E-state index contributed by atoms with van der Waals surface area (Å²) in [4.78, 5) is 11.2. The van der Waals surface area contributed by atoms with Crippen LogP contribution in [0.1, 0.15) is 22.8 Å². The van der Waals surface area contributed by atoms with E-state index in [1.54, 1.807) is 12.3 Å². The maximum Gasteiger partial charge on any atom is 0.339 e. The van der Waals surface area contributed by atoms with Gasteiger partial charge >= 0.3 is 5.97 Å². The molecule has 0 amide bonds. The minimum atomic E-state index is -0.279. The molecule has 2 N–H and O–H groups in total. The summed E-state index contributed by atoms with van der Waals surface area (Å²) in [5.74, 6) is -0.279. The van der Waals surface area contributed by atoms with Crippen LogP contribution in [-0.4, -0.2) is 12.6 Å². The first kappa shape index (κ1) is 9.22. The van der Waals surface area contributed by atoms with Gasteiger partial charge in [0.2, 0.25) is 0 Å². The zero-order valence-corrected chi connectivity index (χ0v) is 7.69. The number of rotatable bonds is 3. The number of thiophene rings is 1. The van der Waals surface area contributed by atoms with Crippen LogP contribution < -0.4 is 5.73 Å². The zero-order valence-electron chi connectivity index (χ0n) is 6.87. The quantitative estimate of drug-likeness (QED) is 0.724. The Hall–Kier alpha value is -0.870. The van der Waals surface area contributed by atoms with Crippen molar-refractivity contribution in [3.63, 3.8) is 0 Å². The van der Waals surface area contributed by atoms with Crippen LogP contribution in [-0.2, 0) is 11.3 Å². The SMILES string of the molecule is CCOC(=O)c1cscc1CN. The second-order valence-electron chi connectivity index (χ2n) is 2.24. The maximum atomic E-state index is 11.2. The number of carbonyl (C=O) groups is 1. The third-order valence-electron chi connectivity index (χ3n) is 1.46. The van der Waals surface area contributed by atoms with E-state index in [4.69, 9.17) is 10.5 Å². The monoisotopic (exact) mass is 185 g/mol. The van der Waals surface area contributed by atoms with Gasteiger partial charge in [-0.25, -0.2) is 4.79 Å². The molecule has 0 atom stereocenters. The lowest BCUT2D eigenvalue weighted by Gasteiger charge is -2.00. The van der Waals surface area contributed by atoms with Crippen molar-refractivity contribution in [3.05, 3.63) is 21.9 Å². The van der Waals surface area contributed by atoms with Crippen molar-refractivity contribution in [3.8, 4) is 0 Å². The second kappa shape index (κ2) is 4.23. The molecule has 0 saturated heterocycles. The maximum absolute atomic E-state index is 11.2. The molecule has 4 heteroatoms. The highest BCUT2D eigenvalue weighted by Gasteiger charge is 2.11. The fourth-order valence-corrected chi connectivity index (χ4v) is 1.71. The average molecular weight is 185 g/mol. The average Bonchev–Trinajstić information content (AvgIpc) is 2.51. The second-order valence-corrected chi connectivity index (χ2v) is 2.98. The fraction of sp³-hybridized carbons (Fsp3) is 0.375. The van der Waals surface area contributed by atoms with Crippen LogP contribution in [0.25, 0.3) is 0 Å². The van der Waals surface area contributed by atoms with Gasteiger partial charge in [0, 0.05) is 11.9 Å². The van der Waals surface area contributed by atoms with Crippen molar-refractivity contribution in [1.82, 2.24) is 0 Å². The largest absolute Gasteiger partial charge is 0.462 e. The number of ether oxygens (including phenoxy) is 1. The number of carbonyl (C=O) groups excluding carboxylic acids is 1. The molecule has 0 aliphatic rings. The van der Waals surface area contributed by atoms with Gasteiger partial charge in [-0.1, -0.05) is 0 Å². The highest BCUT2D eigenvalue weighted by Crippen LogP contribution is 2.15. The molecule has 0 radical (unpaired) electrons. The van der Waals surface area contributed by atoms with Crippen LogP contribution in [0.15, 0.2) is 10.8 Å². The molecule has 1 aromatic rings. The molecule has 0 saturated carbocycles. The summed E-state index contributed by atoms with van der Waals surface area (Å²) >= 11 is 1.46. The van der Waals surface area contributed by atoms with E-state index < -0.39 is 0 Å². The molecule has 0 fully saturated rings. The summed E-state index contributed by atoms with van der Waals surface area (Å²) in [7, 11) is 0. The van der Waals surface area contributed by atoms with Gasteiger partial charge in [-0.05, 0) is 17.9 Å². The molecule has 0 aliphatic heterocycles. The molecular weight excluding hydrogens is 174 g/mol. The molecule has 0 aliphatic carbocycles. The normalized spacial score (nSPS) is 9.83. The van der Waals surface area contributed by atoms with Crippen LogP contribution in [0.5, 0.6) is 0 Å².